The number of para-hydroxylation sites is 1. The van der Waals surface area contributed by atoms with E-state index in [2.05, 4.69) is 10.00 Å². The van der Waals surface area contributed by atoms with Gasteiger partial charge in [-0.2, -0.15) is 5.10 Å². The van der Waals surface area contributed by atoms with Gasteiger partial charge in [-0.1, -0.05) is 18.2 Å². The van der Waals surface area contributed by atoms with Crippen molar-refractivity contribution in [1.82, 2.24) is 9.78 Å². The molecule has 110 valence electrons. The second-order valence-corrected chi connectivity index (χ2v) is 5.31. The van der Waals surface area contributed by atoms with Crippen LogP contribution in [0.4, 0.5) is 11.5 Å². The zero-order chi connectivity index (χ0) is 14.8. The highest BCUT2D eigenvalue weighted by Crippen LogP contribution is 2.35. The van der Waals surface area contributed by atoms with Crippen LogP contribution in [0.25, 0.3) is 5.69 Å². The molecule has 1 aliphatic rings. The summed E-state index contributed by atoms with van der Waals surface area (Å²) in [6, 6.07) is 9.60. The normalized spacial score (nSPS) is 15.2. The lowest BCUT2D eigenvalue weighted by atomic mass is 10.1. The van der Waals surface area contributed by atoms with Gasteiger partial charge >= 0.3 is 5.69 Å². The van der Waals surface area contributed by atoms with E-state index in [4.69, 9.17) is 0 Å². The van der Waals surface area contributed by atoms with Crippen molar-refractivity contribution in [3.63, 3.8) is 0 Å². The Bertz CT molecular complexity index is 645. The van der Waals surface area contributed by atoms with E-state index in [0.717, 1.165) is 31.6 Å². The summed E-state index contributed by atoms with van der Waals surface area (Å²) in [5, 5.41) is 15.9. The quantitative estimate of drug-likeness (QED) is 0.642. The van der Waals surface area contributed by atoms with E-state index in [-0.39, 0.29) is 10.6 Å². The fraction of sp³-hybridized carbons (Fsp3) is 0.400. The Balaban J connectivity index is 2.15. The summed E-state index contributed by atoms with van der Waals surface area (Å²) in [6.45, 7) is 3.39. The highest BCUT2D eigenvalue weighted by Gasteiger charge is 2.30. The van der Waals surface area contributed by atoms with Crippen molar-refractivity contribution >= 4 is 11.5 Å². The molecule has 1 saturated heterocycles. The first-order chi connectivity index (χ1) is 10.2. The second-order valence-electron chi connectivity index (χ2n) is 5.31. The Hall–Kier alpha value is -2.37. The SMILES string of the molecule is Cc1nn(-c2ccccc2)c(N2CCCCC2)c1[N+](=O)[O-]. The highest BCUT2D eigenvalue weighted by atomic mass is 16.6. The molecular formula is C15H18N4O2. The summed E-state index contributed by atoms with van der Waals surface area (Å²) in [4.78, 5) is 13.2. The Labute approximate surface area is 123 Å². The fourth-order valence-corrected chi connectivity index (χ4v) is 2.86. The van der Waals surface area contributed by atoms with Gasteiger partial charge < -0.3 is 4.90 Å². The van der Waals surface area contributed by atoms with Crippen LogP contribution in [0, 0.1) is 17.0 Å². The third kappa shape index (κ3) is 2.49. The molecule has 2 heterocycles. The van der Waals surface area contributed by atoms with Crippen LogP contribution in [0.2, 0.25) is 0 Å². The van der Waals surface area contributed by atoms with Crippen LogP contribution < -0.4 is 4.90 Å². The van der Waals surface area contributed by atoms with Crippen LogP contribution >= 0.6 is 0 Å². The zero-order valence-corrected chi connectivity index (χ0v) is 12.0. The Morgan fingerprint density at radius 1 is 1.14 bits per heavy atom. The monoisotopic (exact) mass is 286 g/mol. The molecule has 0 atom stereocenters. The first-order valence-corrected chi connectivity index (χ1v) is 7.23. The van der Waals surface area contributed by atoms with Gasteiger partial charge in [0, 0.05) is 13.1 Å². The van der Waals surface area contributed by atoms with Crippen molar-refractivity contribution < 1.29 is 4.92 Å². The van der Waals surface area contributed by atoms with Gasteiger partial charge in [-0.05, 0) is 38.3 Å². The standard InChI is InChI=1S/C15H18N4O2/c1-12-14(19(20)21)15(17-10-6-3-7-11-17)18(16-12)13-8-4-2-5-9-13/h2,4-5,8-9H,3,6-7,10-11H2,1H3. The molecule has 21 heavy (non-hydrogen) atoms. The van der Waals surface area contributed by atoms with Crippen LogP contribution in [0.15, 0.2) is 30.3 Å². The van der Waals surface area contributed by atoms with Crippen LogP contribution in [-0.2, 0) is 0 Å². The van der Waals surface area contributed by atoms with Crippen LogP contribution in [-0.4, -0.2) is 27.8 Å². The molecule has 1 aliphatic heterocycles. The number of piperidine rings is 1. The van der Waals surface area contributed by atoms with Gasteiger partial charge in [0.2, 0.25) is 5.82 Å². The predicted octanol–water partition coefficient (Wildman–Crippen LogP) is 3.08. The van der Waals surface area contributed by atoms with Gasteiger partial charge in [-0.25, -0.2) is 4.68 Å². The number of benzene rings is 1. The molecule has 0 unspecified atom stereocenters. The van der Waals surface area contributed by atoms with Crippen molar-refractivity contribution in [2.75, 3.05) is 18.0 Å². The minimum absolute atomic E-state index is 0.126. The van der Waals surface area contributed by atoms with Crippen LogP contribution in [0.5, 0.6) is 0 Å². The molecule has 1 aromatic carbocycles. The van der Waals surface area contributed by atoms with Crippen molar-refractivity contribution in [3.8, 4) is 5.69 Å². The molecule has 0 aliphatic carbocycles. The van der Waals surface area contributed by atoms with Gasteiger partial charge in [0.1, 0.15) is 5.69 Å². The Morgan fingerprint density at radius 3 is 2.43 bits per heavy atom. The third-order valence-electron chi connectivity index (χ3n) is 3.84. The third-order valence-corrected chi connectivity index (χ3v) is 3.84. The van der Waals surface area contributed by atoms with Gasteiger partial charge in [0.25, 0.3) is 0 Å². The molecule has 2 aromatic rings. The lowest BCUT2D eigenvalue weighted by Gasteiger charge is -2.28. The highest BCUT2D eigenvalue weighted by molar-refractivity contribution is 5.64. The first kappa shape index (κ1) is 13.6. The lowest BCUT2D eigenvalue weighted by molar-refractivity contribution is -0.384. The van der Waals surface area contributed by atoms with Crippen molar-refractivity contribution in [2.24, 2.45) is 0 Å². The van der Waals surface area contributed by atoms with Crippen molar-refractivity contribution in [1.29, 1.82) is 0 Å². The number of hydrogen-bond acceptors (Lipinski definition) is 4. The number of nitro groups is 1. The summed E-state index contributed by atoms with van der Waals surface area (Å²) in [5.41, 5.74) is 1.44. The summed E-state index contributed by atoms with van der Waals surface area (Å²) >= 11 is 0. The number of hydrogen-bond donors (Lipinski definition) is 0. The molecule has 6 heteroatoms. The average Bonchev–Trinajstić information content (AvgIpc) is 2.86. The lowest BCUT2D eigenvalue weighted by Crippen LogP contribution is -2.31. The summed E-state index contributed by atoms with van der Waals surface area (Å²) in [6.07, 6.45) is 3.31. The molecular weight excluding hydrogens is 268 g/mol. The average molecular weight is 286 g/mol. The van der Waals surface area contributed by atoms with Gasteiger partial charge in [0.15, 0.2) is 0 Å². The van der Waals surface area contributed by atoms with E-state index < -0.39 is 0 Å². The minimum Gasteiger partial charge on any atom is -0.351 e. The second kappa shape index (κ2) is 5.55. The molecule has 0 N–H and O–H groups in total. The van der Waals surface area contributed by atoms with E-state index in [1.165, 1.54) is 6.42 Å². The Kier molecular flexibility index (Phi) is 3.60. The van der Waals surface area contributed by atoms with Crippen LogP contribution in [0.1, 0.15) is 25.0 Å². The largest absolute Gasteiger partial charge is 0.351 e. The molecule has 0 bridgehead atoms. The Morgan fingerprint density at radius 2 is 1.81 bits per heavy atom. The van der Waals surface area contributed by atoms with E-state index in [9.17, 15) is 10.1 Å². The number of anilines is 1. The summed E-state index contributed by atoms with van der Waals surface area (Å²) in [5.74, 6) is 0.614. The smallest absolute Gasteiger partial charge is 0.334 e. The predicted molar refractivity (Wildman–Crippen MR) is 81.0 cm³/mol. The molecule has 1 aromatic heterocycles. The maximum atomic E-state index is 11.5. The summed E-state index contributed by atoms with van der Waals surface area (Å²) in [7, 11) is 0. The number of aromatic nitrogens is 2. The molecule has 0 amide bonds. The first-order valence-electron chi connectivity index (χ1n) is 7.23. The van der Waals surface area contributed by atoms with E-state index >= 15 is 0 Å². The molecule has 1 fully saturated rings. The van der Waals surface area contributed by atoms with Gasteiger partial charge in [-0.3, -0.25) is 10.1 Å². The van der Waals surface area contributed by atoms with Crippen molar-refractivity contribution in [2.45, 2.75) is 26.2 Å². The molecule has 0 spiro atoms. The van der Waals surface area contributed by atoms with Crippen LogP contribution in [0.3, 0.4) is 0 Å². The minimum atomic E-state index is -0.314. The van der Waals surface area contributed by atoms with Gasteiger partial charge in [0.05, 0.1) is 10.6 Å². The summed E-state index contributed by atoms with van der Waals surface area (Å²) < 4.78 is 1.71. The van der Waals surface area contributed by atoms with Gasteiger partial charge in [-0.15, -0.1) is 0 Å². The maximum Gasteiger partial charge on any atom is 0.334 e. The number of rotatable bonds is 3. The fourth-order valence-electron chi connectivity index (χ4n) is 2.86. The van der Waals surface area contributed by atoms with E-state index in [1.807, 2.05) is 30.3 Å². The molecule has 3 rings (SSSR count). The number of aryl methyl sites for hydroxylation is 1. The van der Waals surface area contributed by atoms with Crippen molar-refractivity contribution in [3.05, 3.63) is 46.1 Å². The number of nitrogens with zero attached hydrogens (tertiary/aromatic N) is 4. The zero-order valence-electron chi connectivity index (χ0n) is 12.0. The molecule has 0 saturated carbocycles. The maximum absolute atomic E-state index is 11.5. The van der Waals surface area contributed by atoms with E-state index in [0.29, 0.717) is 11.5 Å². The van der Waals surface area contributed by atoms with E-state index in [1.54, 1.807) is 11.6 Å². The molecule has 6 nitrogen and oxygen atoms in total. The molecule has 0 radical (unpaired) electrons. The topological polar surface area (TPSA) is 64.2 Å².